The number of amides is 2. The van der Waals surface area contributed by atoms with Crippen LogP contribution in [0.25, 0.3) is 10.9 Å². The molecule has 4 rings (SSSR count). The molecule has 38 heavy (non-hydrogen) atoms. The first kappa shape index (κ1) is 27.5. The lowest BCUT2D eigenvalue weighted by Crippen LogP contribution is -2.55. The molecule has 0 saturated carbocycles. The molecule has 1 saturated heterocycles. The minimum atomic E-state index is -0.650. The van der Waals surface area contributed by atoms with E-state index in [9.17, 15) is 9.59 Å². The second-order valence-electron chi connectivity index (χ2n) is 9.69. The maximum absolute atomic E-state index is 13.9. The lowest BCUT2D eigenvalue weighted by Gasteiger charge is -2.38. The summed E-state index contributed by atoms with van der Waals surface area (Å²) in [4.78, 5) is 36.4. The minimum Gasteiger partial charge on any atom is -0.497 e. The second kappa shape index (κ2) is 11.5. The molecule has 0 radical (unpaired) electrons. The molecule has 11 heteroatoms. The number of aromatic nitrogens is 2. The van der Waals surface area contributed by atoms with Crippen LogP contribution in [0.1, 0.15) is 32.6 Å². The highest BCUT2D eigenvalue weighted by molar-refractivity contribution is 6.31. The fraction of sp³-hybridized carbons (Fsp3) is 0.444. The molecule has 1 N–H and O–H groups in total. The Morgan fingerprint density at radius 3 is 2.39 bits per heavy atom. The highest BCUT2D eigenvalue weighted by Crippen LogP contribution is 2.37. The van der Waals surface area contributed by atoms with Gasteiger partial charge in [0, 0.05) is 43.3 Å². The molecule has 0 bridgehead atoms. The van der Waals surface area contributed by atoms with Crippen molar-refractivity contribution in [2.75, 3.05) is 57.4 Å². The van der Waals surface area contributed by atoms with Crippen LogP contribution in [0.15, 0.2) is 41.2 Å². The van der Waals surface area contributed by atoms with Crippen molar-refractivity contribution in [3.8, 4) is 11.5 Å². The molecule has 3 aromatic rings. The Morgan fingerprint density at radius 1 is 1.05 bits per heavy atom. The number of methoxy groups -OCH3 is 2. The molecule has 1 aliphatic heterocycles. The largest absolute Gasteiger partial charge is 0.497 e. The second-order valence-corrected chi connectivity index (χ2v) is 10.1. The summed E-state index contributed by atoms with van der Waals surface area (Å²) in [5, 5.41) is 5.86. The molecule has 2 heterocycles. The van der Waals surface area contributed by atoms with Gasteiger partial charge in [-0.25, -0.2) is 14.5 Å². The van der Waals surface area contributed by atoms with Gasteiger partial charge >= 0.3 is 6.03 Å². The Morgan fingerprint density at radius 2 is 1.76 bits per heavy atom. The number of hydrogen-bond donors (Lipinski definition) is 1. The fourth-order valence-electron chi connectivity index (χ4n) is 4.62. The number of piperazine rings is 1. The molecule has 0 aliphatic carbocycles. The van der Waals surface area contributed by atoms with Crippen LogP contribution in [0.5, 0.6) is 11.5 Å². The van der Waals surface area contributed by atoms with Gasteiger partial charge in [0.05, 0.1) is 36.9 Å². The highest BCUT2D eigenvalue weighted by atomic mass is 35.5. The van der Waals surface area contributed by atoms with Gasteiger partial charge in [0.25, 0.3) is 5.56 Å². The zero-order valence-corrected chi connectivity index (χ0v) is 23.5. The summed E-state index contributed by atoms with van der Waals surface area (Å²) in [6.45, 7) is 8.49. The molecular weight excluding hydrogens is 508 g/mol. The summed E-state index contributed by atoms with van der Waals surface area (Å²) in [5.74, 6) is 1.49. The number of carbonyl (C=O) groups excluding carboxylic acids is 1. The number of anilines is 1. The number of carbonyl (C=O) groups is 1. The minimum absolute atomic E-state index is 0.118. The summed E-state index contributed by atoms with van der Waals surface area (Å²) in [6.07, 6.45) is 0. The monoisotopic (exact) mass is 542 g/mol. The van der Waals surface area contributed by atoms with E-state index in [1.54, 1.807) is 60.2 Å². The van der Waals surface area contributed by atoms with Crippen LogP contribution in [0.4, 0.5) is 10.5 Å². The number of ether oxygens (including phenoxy) is 2. The molecule has 2 amide bonds. The summed E-state index contributed by atoms with van der Waals surface area (Å²) in [7, 11) is 5.16. The Labute approximate surface area is 227 Å². The first-order chi connectivity index (χ1) is 18.1. The van der Waals surface area contributed by atoms with E-state index in [4.69, 9.17) is 26.1 Å². The Hall–Kier alpha value is -3.50. The summed E-state index contributed by atoms with van der Waals surface area (Å²) >= 11 is 6.25. The number of likely N-dealkylation sites (N-methyl/N-ethyl adjacent to an activating group) is 1. The summed E-state index contributed by atoms with van der Waals surface area (Å²) in [5.41, 5.74) is 0.807. The number of hydrogen-bond acceptors (Lipinski definition) is 7. The molecule has 2 aromatic carbocycles. The zero-order valence-electron chi connectivity index (χ0n) is 22.7. The third kappa shape index (κ3) is 5.51. The topological polar surface area (TPSA) is 92.2 Å². The predicted molar refractivity (Wildman–Crippen MR) is 151 cm³/mol. The van der Waals surface area contributed by atoms with Crippen LogP contribution in [0, 0.1) is 0 Å². The van der Waals surface area contributed by atoms with Crippen LogP contribution in [0.3, 0.4) is 0 Å². The van der Waals surface area contributed by atoms with E-state index in [0.29, 0.717) is 52.0 Å². The van der Waals surface area contributed by atoms with Crippen LogP contribution in [0.2, 0.25) is 5.02 Å². The maximum atomic E-state index is 13.9. The molecule has 10 nitrogen and oxygen atoms in total. The lowest BCUT2D eigenvalue weighted by molar-refractivity contribution is 0.241. The molecule has 1 atom stereocenters. The van der Waals surface area contributed by atoms with Crippen molar-refractivity contribution in [2.45, 2.75) is 32.9 Å². The van der Waals surface area contributed by atoms with E-state index in [0.717, 1.165) is 13.1 Å². The quantitative estimate of drug-likeness (QED) is 0.487. The summed E-state index contributed by atoms with van der Waals surface area (Å²) < 4.78 is 12.6. The number of halogens is 1. The molecule has 1 unspecified atom stereocenters. The van der Waals surface area contributed by atoms with Gasteiger partial charge < -0.3 is 24.7 Å². The van der Waals surface area contributed by atoms with E-state index in [-0.39, 0.29) is 17.6 Å². The van der Waals surface area contributed by atoms with Gasteiger partial charge in [-0.15, -0.1) is 0 Å². The van der Waals surface area contributed by atoms with Crippen molar-refractivity contribution in [3.63, 3.8) is 0 Å². The molecule has 0 spiro atoms. The summed E-state index contributed by atoms with van der Waals surface area (Å²) in [6, 6.07) is 9.24. The standard InChI is InChI=1S/C27H35ClN6O4/c1-17(2)29-27(36)33(23-10-8-20(37-5)16-24(23)38-6)18(3)25-30-22-9-7-19(28)15-21(22)26(35)34(25)32-13-11-31(4)12-14-32/h7-10,15-18H,11-14H2,1-6H3,(H,29,36). The van der Waals surface area contributed by atoms with E-state index in [2.05, 4.69) is 17.3 Å². The zero-order chi connectivity index (χ0) is 27.6. The van der Waals surface area contributed by atoms with E-state index >= 15 is 0 Å². The number of urea groups is 1. The van der Waals surface area contributed by atoms with Crippen molar-refractivity contribution in [1.82, 2.24) is 19.9 Å². The van der Waals surface area contributed by atoms with E-state index in [1.165, 1.54) is 0 Å². The van der Waals surface area contributed by atoms with Crippen molar-refractivity contribution in [1.29, 1.82) is 0 Å². The number of nitrogens with one attached hydrogen (secondary N) is 1. The van der Waals surface area contributed by atoms with Gasteiger partial charge in [0.2, 0.25) is 0 Å². The molecule has 1 fully saturated rings. The maximum Gasteiger partial charge on any atom is 0.322 e. The van der Waals surface area contributed by atoms with Gasteiger partial charge in [0.1, 0.15) is 11.5 Å². The number of rotatable bonds is 7. The number of nitrogens with zero attached hydrogens (tertiary/aromatic N) is 5. The van der Waals surface area contributed by atoms with Crippen molar-refractivity contribution in [2.24, 2.45) is 0 Å². The third-order valence-electron chi connectivity index (χ3n) is 6.63. The molecular formula is C27H35ClN6O4. The van der Waals surface area contributed by atoms with Crippen molar-refractivity contribution >= 4 is 34.2 Å². The predicted octanol–water partition coefficient (Wildman–Crippen LogP) is 3.64. The van der Waals surface area contributed by atoms with Gasteiger partial charge in [-0.05, 0) is 58.2 Å². The Balaban J connectivity index is 1.93. The highest BCUT2D eigenvalue weighted by Gasteiger charge is 2.32. The van der Waals surface area contributed by atoms with Gasteiger partial charge in [-0.2, -0.15) is 0 Å². The SMILES string of the molecule is COc1ccc(N(C(=O)NC(C)C)C(C)c2nc3ccc(Cl)cc3c(=O)n2N2CCN(C)CC2)c(OC)c1. The molecule has 1 aliphatic rings. The van der Waals surface area contributed by atoms with E-state index < -0.39 is 6.04 Å². The first-order valence-electron chi connectivity index (χ1n) is 12.6. The lowest BCUT2D eigenvalue weighted by atomic mass is 10.1. The Bertz CT molecular complexity index is 1370. The van der Waals surface area contributed by atoms with Crippen molar-refractivity contribution < 1.29 is 14.3 Å². The van der Waals surface area contributed by atoms with Gasteiger partial charge in [-0.1, -0.05) is 11.6 Å². The smallest absolute Gasteiger partial charge is 0.322 e. The average molecular weight is 543 g/mol. The third-order valence-corrected chi connectivity index (χ3v) is 6.87. The Kier molecular flexibility index (Phi) is 8.32. The van der Waals surface area contributed by atoms with Crippen LogP contribution in [-0.4, -0.2) is 74.1 Å². The van der Waals surface area contributed by atoms with Crippen molar-refractivity contribution in [3.05, 3.63) is 57.6 Å². The van der Waals surface area contributed by atoms with Crippen LogP contribution < -0.4 is 30.3 Å². The van der Waals surface area contributed by atoms with E-state index in [1.807, 2.05) is 25.8 Å². The molecule has 204 valence electrons. The first-order valence-corrected chi connectivity index (χ1v) is 13.0. The van der Waals surface area contributed by atoms with Crippen LogP contribution >= 0.6 is 11.6 Å². The van der Waals surface area contributed by atoms with Crippen LogP contribution in [-0.2, 0) is 0 Å². The average Bonchev–Trinajstić information content (AvgIpc) is 2.89. The molecule has 1 aromatic heterocycles. The number of fused-ring (bicyclic) bond motifs is 1. The normalized spacial score (nSPS) is 15.0. The van der Waals surface area contributed by atoms with Gasteiger partial charge in [0.15, 0.2) is 5.82 Å². The fourth-order valence-corrected chi connectivity index (χ4v) is 4.79. The number of benzene rings is 2. The van der Waals surface area contributed by atoms with Gasteiger partial charge in [-0.3, -0.25) is 9.69 Å².